The van der Waals surface area contributed by atoms with Crippen molar-refractivity contribution in [3.63, 3.8) is 0 Å². The van der Waals surface area contributed by atoms with E-state index in [-0.39, 0.29) is 0 Å². The summed E-state index contributed by atoms with van der Waals surface area (Å²) in [5, 5.41) is 16.2. The van der Waals surface area contributed by atoms with Gasteiger partial charge in [-0.05, 0) is 87.2 Å². The fourth-order valence-corrected chi connectivity index (χ4v) is 6.54. The van der Waals surface area contributed by atoms with E-state index in [1.54, 1.807) is 16.0 Å². The van der Waals surface area contributed by atoms with Gasteiger partial charge < -0.3 is 9.84 Å². The number of aryl methyl sites for hydroxylation is 2. The molecule has 0 amide bonds. The van der Waals surface area contributed by atoms with Gasteiger partial charge in [0.2, 0.25) is 0 Å². The topological polar surface area (TPSA) is 102 Å². The molecule has 2 aromatic carbocycles. The number of nitrogens with zero attached hydrogens (tertiary/aromatic N) is 5. The first kappa shape index (κ1) is 28.2. The Morgan fingerprint density at radius 3 is 2.57 bits per heavy atom. The number of halogens is 1. The molecular weight excluding hydrogens is 570 g/mol. The van der Waals surface area contributed by atoms with Gasteiger partial charge in [0, 0.05) is 29.7 Å². The Labute approximate surface area is 252 Å². The highest BCUT2D eigenvalue weighted by Crippen LogP contribution is 2.44. The lowest BCUT2D eigenvalue weighted by Crippen LogP contribution is -2.28. The Hall–Kier alpha value is -3.92. The van der Waals surface area contributed by atoms with Gasteiger partial charge in [-0.15, -0.1) is 11.3 Å². The summed E-state index contributed by atoms with van der Waals surface area (Å²) in [4.78, 5) is 27.2. The minimum absolute atomic E-state index is 0.604. The summed E-state index contributed by atoms with van der Waals surface area (Å²) in [5.41, 5.74) is 7.53. The molecule has 214 valence electrons. The number of pyridine rings is 1. The molecule has 0 unspecified atom stereocenters. The number of dihydropyridines is 1. The van der Waals surface area contributed by atoms with E-state index in [2.05, 4.69) is 11.2 Å². The highest BCUT2D eigenvalue weighted by molar-refractivity contribution is 7.20. The van der Waals surface area contributed by atoms with Gasteiger partial charge in [0.25, 0.3) is 0 Å². The normalized spacial score (nSPS) is 14.7. The van der Waals surface area contributed by atoms with Crippen molar-refractivity contribution in [2.45, 2.75) is 45.8 Å². The zero-order chi connectivity index (χ0) is 29.8. The average Bonchev–Trinajstić information content (AvgIpc) is 3.53. The van der Waals surface area contributed by atoms with Crippen LogP contribution in [0.2, 0.25) is 5.02 Å². The standard InChI is InChI=1S/C32H30ClN5O3S/c1-17-14-24-29(27(18-6-8-20(33)9-7-18)26(17)28(31(39)40)41-32(2,3)4)42-30(36-24)19-12-13-34-23(15-19)21-10-11-22-25(35-21)16-38(5)37-22/h6-11,14-16,28H,12-13H2,1-5H3,(H,39,40)/t28-/m0/s1. The first-order valence-electron chi connectivity index (χ1n) is 13.6. The minimum atomic E-state index is -1.16. The summed E-state index contributed by atoms with van der Waals surface area (Å²) in [6.45, 7) is 8.12. The van der Waals surface area contributed by atoms with Crippen LogP contribution in [0.15, 0.2) is 59.7 Å². The highest BCUT2D eigenvalue weighted by atomic mass is 35.5. The second-order valence-electron chi connectivity index (χ2n) is 11.4. The number of hydrogen-bond acceptors (Lipinski definition) is 7. The fraction of sp³-hybridized carbons (Fsp3) is 0.281. The molecule has 0 bridgehead atoms. The van der Waals surface area contributed by atoms with Crippen molar-refractivity contribution in [1.29, 1.82) is 0 Å². The van der Waals surface area contributed by atoms with Crippen molar-refractivity contribution in [1.82, 2.24) is 19.7 Å². The van der Waals surface area contributed by atoms with E-state index in [0.29, 0.717) is 17.1 Å². The van der Waals surface area contributed by atoms with Gasteiger partial charge in [-0.1, -0.05) is 23.7 Å². The molecule has 1 aliphatic rings. The third-order valence-corrected chi connectivity index (χ3v) is 8.42. The maximum absolute atomic E-state index is 12.6. The molecule has 1 aliphatic heterocycles. The number of ether oxygens (including phenoxy) is 1. The molecular formula is C32H30ClN5O3S. The van der Waals surface area contributed by atoms with Gasteiger partial charge in [-0.3, -0.25) is 9.67 Å². The van der Waals surface area contributed by atoms with E-state index in [4.69, 9.17) is 31.3 Å². The lowest BCUT2D eigenvalue weighted by Gasteiger charge is -2.28. The van der Waals surface area contributed by atoms with Crippen LogP contribution in [0.4, 0.5) is 0 Å². The smallest absolute Gasteiger partial charge is 0.337 e. The summed E-state index contributed by atoms with van der Waals surface area (Å²) in [6.07, 6.45) is 3.54. The molecule has 8 nitrogen and oxygen atoms in total. The SMILES string of the molecule is Cc1cc2nc(C3=CC(c4ccc5nn(C)cc5n4)=NCC3)sc2c(-c2ccc(Cl)cc2)c1[C@H](OC(C)(C)C)C(=O)O. The maximum Gasteiger partial charge on any atom is 0.337 e. The Morgan fingerprint density at radius 2 is 1.86 bits per heavy atom. The van der Waals surface area contributed by atoms with Crippen molar-refractivity contribution < 1.29 is 14.6 Å². The molecule has 6 rings (SSSR count). The Balaban J connectivity index is 1.50. The molecule has 0 radical (unpaired) electrons. The minimum Gasteiger partial charge on any atom is -0.479 e. The van der Waals surface area contributed by atoms with E-state index in [1.807, 2.05) is 83.4 Å². The molecule has 1 atom stereocenters. The van der Waals surface area contributed by atoms with Crippen molar-refractivity contribution in [3.05, 3.63) is 81.6 Å². The molecule has 0 saturated heterocycles. The number of carboxylic acid groups (broad SMARTS) is 1. The summed E-state index contributed by atoms with van der Waals surface area (Å²) in [6, 6.07) is 13.3. The molecule has 10 heteroatoms. The number of rotatable bonds is 6. The predicted molar refractivity (Wildman–Crippen MR) is 169 cm³/mol. The predicted octanol–water partition coefficient (Wildman–Crippen LogP) is 7.42. The second-order valence-corrected chi connectivity index (χ2v) is 12.8. The van der Waals surface area contributed by atoms with Crippen LogP contribution >= 0.6 is 22.9 Å². The Morgan fingerprint density at radius 1 is 1.10 bits per heavy atom. The van der Waals surface area contributed by atoms with Gasteiger partial charge in [0.05, 0.1) is 33.4 Å². The first-order valence-corrected chi connectivity index (χ1v) is 14.8. The number of aliphatic imine (C=N–C) groups is 1. The lowest BCUT2D eigenvalue weighted by atomic mass is 9.91. The van der Waals surface area contributed by atoms with Crippen molar-refractivity contribution in [2.75, 3.05) is 6.54 Å². The number of aliphatic carboxylic acids is 1. The second kappa shape index (κ2) is 10.7. The molecule has 4 heterocycles. The van der Waals surface area contributed by atoms with E-state index in [0.717, 1.165) is 66.3 Å². The molecule has 5 aromatic rings. The fourth-order valence-electron chi connectivity index (χ4n) is 5.24. The van der Waals surface area contributed by atoms with Crippen LogP contribution < -0.4 is 0 Å². The lowest BCUT2D eigenvalue weighted by molar-refractivity contribution is -0.160. The van der Waals surface area contributed by atoms with Crippen LogP contribution in [0.3, 0.4) is 0 Å². The molecule has 0 spiro atoms. The van der Waals surface area contributed by atoms with Crippen LogP contribution in [0, 0.1) is 6.92 Å². The average molecular weight is 600 g/mol. The first-order chi connectivity index (χ1) is 20.0. The van der Waals surface area contributed by atoms with Gasteiger partial charge in [-0.2, -0.15) is 5.10 Å². The zero-order valence-electron chi connectivity index (χ0n) is 24.0. The summed E-state index contributed by atoms with van der Waals surface area (Å²) in [7, 11) is 1.88. The highest BCUT2D eigenvalue weighted by Gasteiger charge is 2.32. The summed E-state index contributed by atoms with van der Waals surface area (Å²) < 4.78 is 8.79. The summed E-state index contributed by atoms with van der Waals surface area (Å²) >= 11 is 7.79. The van der Waals surface area contributed by atoms with Gasteiger partial charge in [0.1, 0.15) is 16.0 Å². The number of hydrogen-bond donors (Lipinski definition) is 1. The molecule has 1 N–H and O–H groups in total. The summed E-state index contributed by atoms with van der Waals surface area (Å²) in [5.74, 6) is -1.04. The number of carboxylic acids is 1. The van der Waals surface area contributed by atoms with Crippen LogP contribution in [0.5, 0.6) is 0 Å². The largest absolute Gasteiger partial charge is 0.479 e. The van der Waals surface area contributed by atoms with Crippen LogP contribution in [-0.2, 0) is 16.6 Å². The van der Waals surface area contributed by atoms with Crippen LogP contribution in [-0.4, -0.2) is 48.7 Å². The third-order valence-electron chi connectivity index (χ3n) is 7.01. The van der Waals surface area contributed by atoms with E-state index in [9.17, 15) is 9.90 Å². The van der Waals surface area contributed by atoms with E-state index >= 15 is 0 Å². The quantitative estimate of drug-likeness (QED) is 0.218. The third kappa shape index (κ3) is 5.47. The van der Waals surface area contributed by atoms with Crippen LogP contribution in [0.25, 0.3) is 38.0 Å². The van der Waals surface area contributed by atoms with E-state index < -0.39 is 17.7 Å². The molecule has 0 saturated carbocycles. The molecule has 42 heavy (non-hydrogen) atoms. The van der Waals surface area contributed by atoms with Crippen molar-refractivity contribution in [3.8, 4) is 11.1 Å². The van der Waals surface area contributed by atoms with Crippen LogP contribution in [0.1, 0.15) is 55.1 Å². The van der Waals surface area contributed by atoms with Gasteiger partial charge in [-0.25, -0.2) is 14.8 Å². The zero-order valence-corrected chi connectivity index (χ0v) is 25.5. The molecule has 0 aliphatic carbocycles. The monoisotopic (exact) mass is 599 g/mol. The molecule has 3 aromatic heterocycles. The maximum atomic E-state index is 12.6. The van der Waals surface area contributed by atoms with Gasteiger partial charge in [0.15, 0.2) is 6.10 Å². The van der Waals surface area contributed by atoms with Gasteiger partial charge >= 0.3 is 5.97 Å². The number of thiazole rings is 1. The van der Waals surface area contributed by atoms with E-state index in [1.165, 1.54) is 0 Å². The number of carbonyl (C=O) groups is 1. The molecule has 0 fully saturated rings. The number of allylic oxidation sites excluding steroid dienone is 1. The van der Waals surface area contributed by atoms with Crippen molar-refractivity contribution >= 4 is 61.4 Å². The number of aromatic nitrogens is 4. The number of benzene rings is 2. The Kier molecular flexibility index (Phi) is 7.21. The van der Waals surface area contributed by atoms with Crippen molar-refractivity contribution in [2.24, 2.45) is 12.0 Å². The number of fused-ring (bicyclic) bond motifs is 2. The Bertz CT molecular complexity index is 1910.